The Bertz CT molecular complexity index is 1440. The SMILES string of the molecule is O=C(c1ccc(F)cc1)N1CC2CC(C1)c1c(-c3ccc4ccccc4c3)ccc(=O)n1C2. The molecule has 4 nitrogen and oxygen atoms in total. The molecule has 0 spiro atoms. The number of carbonyl (C=O) groups is 1. The van der Waals surface area contributed by atoms with Crippen molar-refractivity contribution in [2.45, 2.75) is 18.9 Å². The molecule has 1 fully saturated rings. The lowest BCUT2D eigenvalue weighted by atomic mass is 9.80. The maximum Gasteiger partial charge on any atom is 0.253 e. The van der Waals surface area contributed by atoms with Crippen LogP contribution in [0.3, 0.4) is 0 Å². The van der Waals surface area contributed by atoms with Gasteiger partial charge in [-0.25, -0.2) is 4.39 Å². The molecule has 1 aromatic heterocycles. The Morgan fingerprint density at radius 1 is 0.848 bits per heavy atom. The molecule has 4 aromatic rings. The number of benzene rings is 3. The molecule has 0 radical (unpaired) electrons. The molecular formula is C28H23FN2O2. The van der Waals surface area contributed by atoms with Gasteiger partial charge < -0.3 is 9.47 Å². The molecule has 2 aliphatic heterocycles. The minimum absolute atomic E-state index is 0.0163. The largest absolute Gasteiger partial charge is 0.338 e. The molecular weight excluding hydrogens is 415 g/mol. The van der Waals surface area contributed by atoms with E-state index in [1.54, 1.807) is 18.2 Å². The standard InChI is InChI=1S/C28H23FN2O2/c29-24-9-7-20(8-10-24)28(33)30-15-18-13-23(17-30)27-25(11-12-26(32)31(27)16-18)22-6-5-19-3-1-2-4-21(19)14-22/h1-12,14,18,23H,13,15-17H2. The van der Waals surface area contributed by atoms with Crippen molar-refractivity contribution in [1.29, 1.82) is 0 Å². The number of likely N-dealkylation sites (tertiary alicyclic amines) is 1. The third kappa shape index (κ3) is 3.44. The molecule has 1 saturated heterocycles. The summed E-state index contributed by atoms with van der Waals surface area (Å²) in [6.45, 7) is 1.77. The second kappa shape index (κ2) is 7.69. The van der Waals surface area contributed by atoms with Crippen LogP contribution in [0.4, 0.5) is 4.39 Å². The number of pyridine rings is 1. The van der Waals surface area contributed by atoms with Crippen LogP contribution in [-0.2, 0) is 6.54 Å². The Balaban J connectivity index is 1.41. The lowest BCUT2D eigenvalue weighted by Crippen LogP contribution is -2.49. The molecule has 33 heavy (non-hydrogen) atoms. The summed E-state index contributed by atoms with van der Waals surface area (Å²) in [6, 6.07) is 24.0. The summed E-state index contributed by atoms with van der Waals surface area (Å²) in [5.41, 5.74) is 3.67. The molecule has 6 rings (SSSR count). The zero-order valence-corrected chi connectivity index (χ0v) is 18.1. The van der Waals surface area contributed by atoms with E-state index in [2.05, 4.69) is 30.3 Å². The van der Waals surface area contributed by atoms with Gasteiger partial charge in [-0.3, -0.25) is 9.59 Å². The highest BCUT2D eigenvalue weighted by Gasteiger charge is 2.38. The predicted octanol–water partition coefficient (Wildman–Crippen LogP) is 5.07. The van der Waals surface area contributed by atoms with Crippen molar-refractivity contribution < 1.29 is 9.18 Å². The van der Waals surface area contributed by atoms with E-state index in [9.17, 15) is 14.0 Å². The average molecular weight is 439 g/mol. The van der Waals surface area contributed by atoms with Gasteiger partial charge in [0.25, 0.3) is 11.5 Å². The summed E-state index contributed by atoms with van der Waals surface area (Å²) >= 11 is 0. The first-order valence-corrected chi connectivity index (χ1v) is 11.3. The van der Waals surface area contributed by atoms with Crippen LogP contribution in [0.25, 0.3) is 21.9 Å². The van der Waals surface area contributed by atoms with Crippen molar-refractivity contribution in [2.24, 2.45) is 5.92 Å². The third-order valence-electron chi connectivity index (χ3n) is 7.03. The van der Waals surface area contributed by atoms with Crippen LogP contribution >= 0.6 is 0 Å². The number of nitrogens with zero attached hydrogens (tertiary/aromatic N) is 2. The van der Waals surface area contributed by atoms with E-state index < -0.39 is 0 Å². The number of fused-ring (bicyclic) bond motifs is 5. The zero-order valence-electron chi connectivity index (χ0n) is 18.1. The van der Waals surface area contributed by atoms with Crippen LogP contribution in [-0.4, -0.2) is 28.5 Å². The lowest BCUT2D eigenvalue weighted by molar-refractivity contribution is 0.0595. The summed E-state index contributed by atoms with van der Waals surface area (Å²) < 4.78 is 15.2. The van der Waals surface area contributed by atoms with Gasteiger partial charge in [0.1, 0.15) is 5.82 Å². The van der Waals surface area contributed by atoms with Gasteiger partial charge in [-0.1, -0.05) is 36.4 Å². The van der Waals surface area contributed by atoms with Gasteiger partial charge >= 0.3 is 0 Å². The van der Waals surface area contributed by atoms with E-state index >= 15 is 0 Å². The van der Waals surface area contributed by atoms with Crippen molar-refractivity contribution in [2.75, 3.05) is 13.1 Å². The van der Waals surface area contributed by atoms with Crippen LogP contribution in [0, 0.1) is 11.7 Å². The van der Waals surface area contributed by atoms with Crippen LogP contribution in [0.5, 0.6) is 0 Å². The molecule has 0 saturated carbocycles. The maximum absolute atomic E-state index is 13.3. The molecule has 0 N–H and O–H groups in total. The van der Waals surface area contributed by atoms with Gasteiger partial charge in [0.05, 0.1) is 0 Å². The van der Waals surface area contributed by atoms with Gasteiger partial charge in [-0.15, -0.1) is 0 Å². The van der Waals surface area contributed by atoms with Gasteiger partial charge in [0.2, 0.25) is 0 Å². The first-order valence-electron chi connectivity index (χ1n) is 11.3. The first-order chi connectivity index (χ1) is 16.1. The highest BCUT2D eigenvalue weighted by Crippen LogP contribution is 2.40. The zero-order chi connectivity index (χ0) is 22.5. The van der Waals surface area contributed by atoms with E-state index in [1.165, 1.54) is 17.5 Å². The van der Waals surface area contributed by atoms with E-state index in [1.807, 2.05) is 27.7 Å². The number of carbonyl (C=O) groups excluding carboxylic acids is 1. The van der Waals surface area contributed by atoms with E-state index in [-0.39, 0.29) is 29.1 Å². The topological polar surface area (TPSA) is 42.3 Å². The summed E-state index contributed by atoms with van der Waals surface area (Å²) in [5, 5.41) is 2.34. The van der Waals surface area contributed by atoms with Crippen LogP contribution in [0.2, 0.25) is 0 Å². The Morgan fingerprint density at radius 3 is 2.45 bits per heavy atom. The number of hydrogen-bond acceptors (Lipinski definition) is 2. The monoisotopic (exact) mass is 438 g/mol. The normalized spacial score (nSPS) is 19.4. The second-order valence-corrected chi connectivity index (χ2v) is 9.16. The summed E-state index contributed by atoms with van der Waals surface area (Å²) in [4.78, 5) is 27.8. The first kappa shape index (κ1) is 19.9. The molecule has 5 heteroatoms. The van der Waals surface area contributed by atoms with E-state index in [0.29, 0.717) is 25.2 Å². The van der Waals surface area contributed by atoms with Crippen molar-refractivity contribution >= 4 is 16.7 Å². The van der Waals surface area contributed by atoms with Crippen molar-refractivity contribution in [3.05, 3.63) is 106 Å². The fourth-order valence-corrected chi connectivity index (χ4v) is 5.56. The smallest absolute Gasteiger partial charge is 0.253 e. The minimum atomic E-state index is -0.351. The summed E-state index contributed by atoms with van der Waals surface area (Å²) in [5.74, 6) is -0.124. The highest BCUT2D eigenvalue weighted by molar-refractivity contribution is 5.94. The molecule has 3 aromatic carbocycles. The van der Waals surface area contributed by atoms with Crippen molar-refractivity contribution in [1.82, 2.24) is 9.47 Å². The number of piperidine rings is 1. The average Bonchev–Trinajstić information content (AvgIpc) is 2.84. The number of halogens is 1. The van der Waals surface area contributed by atoms with Crippen molar-refractivity contribution in [3.8, 4) is 11.1 Å². The molecule has 1 amide bonds. The van der Waals surface area contributed by atoms with Crippen LogP contribution < -0.4 is 5.56 Å². The number of hydrogen-bond donors (Lipinski definition) is 0. The van der Waals surface area contributed by atoms with Crippen molar-refractivity contribution in [3.63, 3.8) is 0 Å². The molecule has 164 valence electrons. The fourth-order valence-electron chi connectivity index (χ4n) is 5.56. The Kier molecular flexibility index (Phi) is 4.64. The van der Waals surface area contributed by atoms with Gasteiger partial charge in [0.15, 0.2) is 0 Å². The molecule has 2 aliphatic rings. The molecule has 2 bridgehead atoms. The summed E-state index contributed by atoms with van der Waals surface area (Å²) in [7, 11) is 0. The predicted molar refractivity (Wildman–Crippen MR) is 127 cm³/mol. The summed E-state index contributed by atoms with van der Waals surface area (Å²) in [6.07, 6.45) is 0.956. The number of aromatic nitrogens is 1. The third-order valence-corrected chi connectivity index (χ3v) is 7.03. The van der Waals surface area contributed by atoms with E-state index in [0.717, 1.165) is 28.6 Å². The van der Waals surface area contributed by atoms with Crippen LogP contribution in [0.15, 0.2) is 83.7 Å². The fraction of sp³-hybridized carbons (Fsp3) is 0.214. The molecule has 2 atom stereocenters. The molecule has 2 unspecified atom stereocenters. The minimum Gasteiger partial charge on any atom is -0.338 e. The van der Waals surface area contributed by atoms with Gasteiger partial charge in [0, 0.05) is 48.4 Å². The highest BCUT2D eigenvalue weighted by atomic mass is 19.1. The quantitative estimate of drug-likeness (QED) is 0.439. The number of rotatable bonds is 2. The van der Waals surface area contributed by atoms with Gasteiger partial charge in [-0.05, 0) is 65.1 Å². The Labute approximate surface area is 190 Å². The lowest BCUT2D eigenvalue weighted by Gasteiger charge is -2.43. The maximum atomic E-state index is 13.3. The number of amides is 1. The molecule has 0 aliphatic carbocycles. The Hall–Kier alpha value is -3.73. The second-order valence-electron chi connectivity index (χ2n) is 9.16. The molecule has 3 heterocycles. The Morgan fingerprint density at radius 2 is 1.64 bits per heavy atom. The van der Waals surface area contributed by atoms with E-state index in [4.69, 9.17) is 0 Å². The van der Waals surface area contributed by atoms with Gasteiger partial charge in [-0.2, -0.15) is 0 Å². The van der Waals surface area contributed by atoms with Crippen LogP contribution in [0.1, 0.15) is 28.4 Å².